The predicted octanol–water partition coefficient (Wildman–Crippen LogP) is 1.82. The molecule has 1 saturated carbocycles. The molecule has 0 spiro atoms. The standard InChI is InChI=1S/C11H21NO/c1-4-11(2,10-5-6-10)9-12-7-8-13-3/h4,10,12H,1,5-9H2,2-3H3. The largest absolute Gasteiger partial charge is 0.383 e. The van der Waals surface area contributed by atoms with Crippen molar-refractivity contribution in [1.29, 1.82) is 0 Å². The molecule has 2 heteroatoms. The first-order valence-electron chi connectivity index (χ1n) is 5.06. The molecule has 0 saturated heterocycles. The zero-order chi connectivity index (χ0) is 9.73. The fourth-order valence-electron chi connectivity index (χ4n) is 1.66. The molecule has 1 unspecified atom stereocenters. The van der Waals surface area contributed by atoms with Gasteiger partial charge in [0.2, 0.25) is 0 Å². The fraction of sp³-hybridized carbons (Fsp3) is 0.818. The average Bonchev–Trinajstić information content (AvgIpc) is 2.95. The number of methoxy groups -OCH3 is 1. The zero-order valence-corrected chi connectivity index (χ0v) is 8.81. The van der Waals surface area contributed by atoms with E-state index in [1.807, 2.05) is 0 Å². The topological polar surface area (TPSA) is 21.3 Å². The van der Waals surface area contributed by atoms with Crippen molar-refractivity contribution >= 4 is 0 Å². The highest BCUT2D eigenvalue weighted by atomic mass is 16.5. The van der Waals surface area contributed by atoms with Crippen molar-refractivity contribution in [2.45, 2.75) is 19.8 Å². The molecular weight excluding hydrogens is 162 g/mol. The van der Waals surface area contributed by atoms with Crippen molar-refractivity contribution in [3.63, 3.8) is 0 Å². The highest BCUT2D eigenvalue weighted by Gasteiger charge is 2.38. The van der Waals surface area contributed by atoms with Crippen molar-refractivity contribution in [3.05, 3.63) is 12.7 Å². The summed E-state index contributed by atoms with van der Waals surface area (Å²) in [5, 5.41) is 3.40. The molecule has 1 aliphatic rings. The van der Waals surface area contributed by atoms with Gasteiger partial charge in [-0.1, -0.05) is 13.0 Å². The summed E-state index contributed by atoms with van der Waals surface area (Å²) < 4.78 is 4.98. The Morgan fingerprint density at radius 3 is 2.77 bits per heavy atom. The molecule has 1 rings (SSSR count). The van der Waals surface area contributed by atoms with Crippen LogP contribution in [0.5, 0.6) is 0 Å². The third-order valence-electron chi connectivity index (χ3n) is 2.97. The van der Waals surface area contributed by atoms with Crippen molar-refractivity contribution in [1.82, 2.24) is 5.32 Å². The molecule has 0 aromatic rings. The number of ether oxygens (including phenoxy) is 1. The predicted molar refractivity (Wildman–Crippen MR) is 55.8 cm³/mol. The van der Waals surface area contributed by atoms with Crippen LogP contribution in [0.25, 0.3) is 0 Å². The van der Waals surface area contributed by atoms with Gasteiger partial charge in [0, 0.05) is 25.6 Å². The smallest absolute Gasteiger partial charge is 0.0587 e. The summed E-state index contributed by atoms with van der Waals surface area (Å²) in [6.45, 7) is 8.97. The first-order valence-corrected chi connectivity index (χ1v) is 5.06. The van der Waals surface area contributed by atoms with E-state index >= 15 is 0 Å². The van der Waals surface area contributed by atoms with E-state index in [-0.39, 0.29) is 0 Å². The Labute approximate surface area is 81.4 Å². The molecule has 0 amide bonds. The average molecular weight is 183 g/mol. The monoisotopic (exact) mass is 183 g/mol. The molecule has 0 radical (unpaired) electrons. The van der Waals surface area contributed by atoms with Gasteiger partial charge < -0.3 is 10.1 Å². The van der Waals surface area contributed by atoms with E-state index in [0.29, 0.717) is 5.41 Å². The van der Waals surface area contributed by atoms with Gasteiger partial charge in [-0.05, 0) is 18.8 Å². The fourth-order valence-corrected chi connectivity index (χ4v) is 1.66. The lowest BCUT2D eigenvalue weighted by atomic mass is 9.85. The van der Waals surface area contributed by atoms with Gasteiger partial charge in [-0.25, -0.2) is 0 Å². The third kappa shape index (κ3) is 3.12. The molecule has 1 atom stereocenters. The van der Waals surface area contributed by atoms with Gasteiger partial charge in [0.05, 0.1) is 6.61 Å². The Hall–Kier alpha value is -0.340. The molecule has 1 N–H and O–H groups in total. The lowest BCUT2D eigenvalue weighted by Gasteiger charge is -2.25. The maximum absolute atomic E-state index is 4.98. The van der Waals surface area contributed by atoms with Gasteiger partial charge in [0.15, 0.2) is 0 Å². The summed E-state index contributed by atoms with van der Waals surface area (Å²) in [4.78, 5) is 0. The highest BCUT2D eigenvalue weighted by molar-refractivity contribution is 5.02. The van der Waals surface area contributed by atoms with Crippen LogP contribution in [0.4, 0.5) is 0 Å². The maximum atomic E-state index is 4.98. The Morgan fingerprint density at radius 2 is 2.31 bits per heavy atom. The maximum Gasteiger partial charge on any atom is 0.0587 e. The molecular formula is C11H21NO. The first-order chi connectivity index (χ1) is 6.23. The summed E-state index contributed by atoms with van der Waals surface area (Å²) in [5.74, 6) is 0.861. The second kappa shape index (κ2) is 4.77. The lowest BCUT2D eigenvalue weighted by molar-refractivity contribution is 0.194. The van der Waals surface area contributed by atoms with Crippen LogP contribution in [0.1, 0.15) is 19.8 Å². The molecule has 2 nitrogen and oxygen atoms in total. The van der Waals surface area contributed by atoms with Crippen LogP contribution >= 0.6 is 0 Å². The van der Waals surface area contributed by atoms with Crippen LogP contribution in [0, 0.1) is 11.3 Å². The van der Waals surface area contributed by atoms with Gasteiger partial charge in [0.1, 0.15) is 0 Å². The summed E-state index contributed by atoms with van der Waals surface area (Å²) in [6.07, 6.45) is 4.84. The molecule has 1 fully saturated rings. The summed E-state index contributed by atoms with van der Waals surface area (Å²) in [5.41, 5.74) is 0.299. The van der Waals surface area contributed by atoms with E-state index in [9.17, 15) is 0 Å². The van der Waals surface area contributed by atoms with Crippen LogP contribution in [0.15, 0.2) is 12.7 Å². The molecule has 13 heavy (non-hydrogen) atoms. The van der Waals surface area contributed by atoms with Crippen LogP contribution in [-0.4, -0.2) is 26.8 Å². The van der Waals surface area contributed by atoms with E-state index in [2.05, 4.69) is 24.9 Å². The number of hydrogen-bond donors (Lipinski definition) is 1. The van der Waals surface area contributed by atoms with Crippen LogP contribution in [-0.2, 0) is 4.74 Å². The number of rotatable bonds is 7. The Balaban J connectivity index is 2.19. The Morgan fingerprint density at radius 1 is 1.62 bits per heavy atom. The van der Waals surface area contributed by atoms with Crippen LogP contribution in [0.3, 0.4) is 0 Å². The molecule has 0 aromatic heterocycles. The summed E-state index contributed by atoms with van der Waals surface area (Å²) in [6, 6.07) is 0. The van der Waals surface area contributed by atoms with E-state index in [1.165, 1.54) is 12.8 Å². The van der Waals surface area contributed by atoms with Crippen molar-refractivity contribution in [3.8, 4) is 0 Å². The van der Waals surface area contributed by atoms with E-state index in [4.69, 9.17) is 4.74 Å². The minimum absolute atomic E-state index is 0.299. The molecule has 76 valence electrons. The quantitative estimate of drug-likeness (QED) is 0.480. The van der Waals surface area contributed by atoms with Gasteiger partial charge in [-0.3, -0.25) is 0 Å². The van der Waals surface area contributed by atoms with E-state index < -0.39 is 0 Å². The van der Waals surface area contributed by atoms with Crippen molar-refractivity contribution in [2.24, 2.45) is 11.3 Å². The molecule has 0 aromatic carbocycles. The Bertz CT molecular complexity index is 165. The van der Waals surface area contributed by atoms with Crippen LogP contribution in [0.2, 0.25) is 0 Å². The van der Waals surface area contributed by atoms with Crippen LogP contribution < -0.4 is 5.32 Å². The highest BCUT2D eigenvalue weighted by Crippen LogP contribution is 2.45. The SMILES string of the molecule is C=CC(C)(CNCCOC)C1CC1. The minimum Gasteiger partial charge on any atom is -0.383 e. The summed E-state index contributed by atoms with van der Waals surface area (Å²) >= 11 is 0. The molecule has 0 bridgehead atoms. The number of hydrogen-bond acceptors (Lipinski definition) is 2. The van der Waals surface area contributed by atoms with Gasteiger partial charge in [0.25, 0.3) is 0 Å². The van der Waals surface area contributed by atoms with Gasteiger partial charge >= 0.3 is 0 Å². The Kier molecular flexibility index (Phi) is 3.94. The van der Waals surface area contributed by atoms with Crippen molar-refractivity contribution < 1.29 is 4.74 Å². The minimum atomic E-state index is 0.299. The summed E-state index contributed by atoms with van der Waals surface area (Å²) in [7, 11) is 1.73. The zero-order valence-electron chi connectivity index (χ0n) is 8.81. The lowest BCUT2D eigenvalue weighted by Crippen LogP contribution is -2.33. The van der Waals surface area contributed by atoms with Crippen molar-refractivity contribution in [2.75, 3.05) is 26.8 Å². The molecule has 0 heterocycles. The first kappa shape index (κ1) is 10.7. The van der Waals surface area contributed by atoms with Gasteiger partial charge in [-0.2, -0.15) is 0 Å². The number of nitrogens with one attached hydrogen (secondary N) is 1. The normalized spacial score (nSPS) is 21.1. The van der Waals surface area contributed by atoms with Gasteiger partial charge in [-0.15, -0.1) is 6.58 Å². The second-order valence-electron chi connectivity index (χ2n) is 4.15. The molecule has 0 aliphatic heterocycles. The second-order valence-corrected chi connectivity index (χ2v) is 4.15. The molecule has 1 aliphatic carbocycles. The van der Waals surface area contributed by atoms with E-state index in [0.717, 1.165) is 25.6 Å². The van der Waals surface area contributed by atoms with E-state index in [1.54, 1.807) is 7.11 Å². The third-order valence-corrected chi connectivity index (χ3v) is 2.97.